The standard InChI is InChI=1S/C30H28BrN5O3/c1-19-25(17-28(37)33-14-15-35(2)3)26-16-24(34-29(38)21-6-4-20(18-32)5-7-21)12-13-27(26)36(19)30(39)22-8-10-23(31)11-9-22/h4-13,16H,14-15,17H2,1-3H3,(H,33,37)(H,34,38). The molecule has 0 aliphatic heterocycles. The second-order valence-corrected chi connectivity index (χ2v) is 10.3. The molecule has 1 aromatic heterocycles. The molecule has 9 heteroatoms. The van der Waals surface area contributed by atoms with Crippen molar-refractivity contribution in [2.45, 2.75) is 13.3 Å². The van der Waals surface area contributed by atoms with E-state index >= 15 is 0 Å². The number of nitriles is 1. The van der Waals surface area contributed by atoms with Gasteiger partial charge in [-0.3, -0.25) is 19.0 Å². The van der Waals surface area contributed by atoms with Gasteiger partial charge in [0.25, 0.3) is 11.8 Å². The van der Waals surface area contributed by atoms with E-state index in [4.69, 9.17) is 5.26 Å². The number of hydrogen-bond donors (Lipinski definition) is 2. The average Bonchev–Trinajstić information content (AvgIpc) is 3.18. The molecule has 0 aliphatic carbocycles. The van der Waals surface area contributed by atoms with E-state index in [-0.39, 0.29) is 24.1 Å². The fourth-order valence-electron chi connectivity index (χ4n) is 4.31. The van der Waals surface area contributed by atoms with Crippen molar-refractivity contribution < 1.29 is 14.4 Å². The van der Waals surface area contributed by atoms with Crippen molar-refractivity contribution in [3.05, 3.63) is 99.2 Å². The zero-order valence-corrected chi connectivity index (χ0v) is 23.5. The summed E-state index contributed by atoms with van der Waals surface area (Å²) in [5.41, 5.74) is 3.94. The molecular weight excluding hydrogens is 558 g/mol. The molecule has 0 fully saturated rings. The van der Waals surface area contributed by atoms with Crippen LogP contribution >= 0.6 is 15.9 Å². The molecule has 1 heterocycles. The van der Waals surface area contributed by atoms with Crippen molar-refractivity contribution in [2.24, 2.45) is 0 Å². The van der Waals surface area contributed by atoms with Crippen LogP contribution < -0.4 is 10.6 Å². The number of anilines is 1. The second kappa shape index (κ2) is 12.1. The number of halogens is 1. The Bertz CT molecular complexity index is 1580. The summed E-state index contributed by atoms with van der Waals surface area (Å²) in [7, 11) is 3.87. The molecule has 0 atom stereocenters. The molecule has 2 N–H and O–H groups in total. The fourth-order valence-corrected chi connectivity index (χ4v) is 4.57. The first kappa shape index (κ1) is 27.8. The minimum atomic E-state index is -0.330. The van der Waals surface area contributed by atoms with Crippen molar-refractivity contribution in [3.8, 4) is 6.07 Å². The first-order chi connectivity index (χ1) is 18.7. The molecule has 0 radical (unpaired) electrons. The number of carbonyl (C=O) groups excluding carboxylic acids is 3. The van der Waals surface area contributed by atoms with Crippen LogP contribution in [0.2, 0.25) is 0 Å². The number of rotatable bonds is 8. The lowest BCUT2D eigenvalue weighted by molar-refractivity contribution is -0.120. The van der Waals surface area contributed by atoms with Gasteiger partial charge in [-0.2, -0.15) is 5.26 Å². The number of nitrogens with zero attached hydrogens (tertiary/aromatic N) is 3. The van der Waals surface area contributed by atoms with Crippen LogP contribution in [-0.2, 0) is 11.2 Å². The second-order valence-electron chi connectivity index (χ2n) is 9.42. The Hall–Kier alpha value is -4.26. The van der Waals surface area contributed by atoms with Crippen molar-refractivity contribution >= 4 is 50.2 Å². The summed E-state index contributed by atoms with van der Waals surface area (Å²) in [6, 6.07) is 20.8. The highest BCUT2D eigenvalue weighted by Crippen LogP contribution is 2.30. The molecule has 0 aliphatic rings. The van der Waals surface area contributed by atoms with Crippen molar-refractivity contribution in [2.75, 3.05) is 32.5 Å². The summed E-state index contributed by atoms with van der Waals surface area (Å²) < 4.78 is 2.48. The number of benzene rings is 3. The van der Waals surface area contributed by atoms with Crippen LogP contribution in [0.25, 0.3) is 10.9 Å². The Labute approximate surface area is 235 Å². The minimum Gasteiger partial charge on any atom is -0.355 e. The van der Waals surface area contributed by atoms with Crippen molar-refractivity contribution in [1.29, 1.82) is 5.26 Å². The smallest absolute Gasteiger partial charge is 0.262 e. The normalized spacial score (nSPS) is 10.9. The number of amides is 2. The Morgan fingerprint density at radius 3 is 2.28 bits per heavy atom. The predicted octanol–water partition coefficient (Wildman–Crippen LogP) is 4.75. The van der Waals surface area contributed by atoms with E-state index in [1.807, 2.05) is 44.1 Å². The zero-order chi connectivity index (χ0) is 28.1. The predicted molar refractivity (Wildman–Crippen MR) is 155 cm³/mol. The summed E-state index contributed by atoms with van der Waals surface area (Å²) in [4.78, 5) is 41.3. The monoisotopic (exact) mass is 585 g/mol. The van der Waals surface area contributed by atoms with E-state index in [0.29, 0.717) is 57.6 Å². The number of hydrogen-bond acceptors (Lipinski definition) is 5. The lowest BCUT2D eigenvalue weighted by atomic mass is 10.1. The first-order valence-electron chi connectivity index (χ1n) is 12.3. The van der Waals surface area contributed by atoms with Crippen LogP contribution in [0.15, 0.2) is 71.2 Å². The van der Waals surface area contributed by atoms with Gasteiger partial charge >= 0.3 is 0 Å². The summed E-state index contributed by atoms with van der Waals surface area (Å²) in [5.74, 6) is -0.690. The lowest BCUT2D eigenvalue weighted by Gasteiger charge is -2.11. The maximum absolute atomic E-state index is 13.6. The molecule has 3 aromatic carbocycles. The molecule has 0 saturated heterocycles. The van der Waals surface area contributed by atoms with Crippen molar-refractivity contribution in [3.63, 3.8) is 0 Å². The summed E-state index contributed by atoms with van der Waals surface area (Å²) in [5, 5.41) is 15.5. The van der Waals surface area contributed by atoms with E-state index in [2.05, 4.69) is 26.6 Å². The fraction of sp³-hybridized carbons (Fsp3) is 0.200. The van der Waals surface area contributed by atoms with Crippen LogP contribution in [0, 0.1) is 18.3 Å². The topological polar surface area (TPSA) is 107 Å². The molecule has 198 valence electrons. The SMILES string of the molecule is Cc1c(CC(=O)NCCN(C)C)c2cc(NC(=O)c3ccc(C#N)cc3)ccc2n1C(=O)c1ccc(Br)cc1. The molecule has 0 spiro atoms. The van der Waals surface area contributed by atoms with Crippen LogP contribution in [0.1, 0.15) is 37.5 Å². The molecule has 8 nitrogen and oxygen atoms in total. The molecular formula is C30H28BrN5O3. The minimum absolute atomic E-state index is 0.0867. The number of fused-ring (bicyclic) bond motifs is 1. The third-order valence-electron chi connectivity index (χ3n) is 6.38. The number of aromatic nitrogens is 1. The van der Waals surface area contributed by atoms with Gasteiger partial charge in [-0.1, -0.05) is 15.9 Å². The van der Waals surface area contributed by atoms with Gasteiger partial charge in [-0.05, 0) is 93.3 Å². The molecule has 0 unspecified atom stereocenters. The van der Waals surface area contributed by atoms with Gasteiger partial charge in [0.15, 0.2) is 0 Å². The molecule has 2 amide bonds. The average molecular weight is 586 g/mol. The van der Waals surface area contributed by atoms with Gasteiger partial charge < -0.3 is 15.5 Å². The highest BCUT2D eigenvalue weighted by Gasteiger charge is 2.22. The third-order valence-corrected chi connectivity index (χ3v) is 6.91. The molecule has 4 rings (SSSR count). The van der Waals surface area contributed by atoms with Gasteiger partial charge in [0.1, 0.15) is 0 Å². The lowest BCUT2D eigenvalue weighted by Crippen LogP contribution is -2.32. The number of likely N-dealkylation sites (N-methyl/N-ethyl adjacent to an activating group) is 1. The number of nitrogens with one attached hydrogen (secondary N) is 2. The molecule has 4 aromatic rings. The van der Waals surface area contributed by atoms with E-state index in [1.165, 1.54) is 0 Å². The van der Waals surface area contributed by atoms with Crippen LogP contribution in [0.5, 0.6) is 0 Å². The zero-order valence-electron chi connectivity index (χ0n) is 21.9. The van der Waals surface area contributed by atoms with Crippen LogP contribution in [-0.4, -0.2) is 54.4 Å². The molecule has 0 saturated carbocycles. The Morgan fingerprint density at radius 1 is 0.974 bits per heavy atom. The molecule has 0 bridgehead atoms. The first-order valence-corrected chi connectivity index (χ1v) is 13.1. The summed E-state index contributed by atoms with van der Waals surface area (Å²) in [6.45, 7) is 3.04. The van der Waals surface area contributed by atoms with E-state index in [9.17, 15) is 14.4 Å². The maximum Gasteiger partial charge on any atom is 0.262 e. The quantitative estimate of drug-likeness (QED) is 0.310. The third kappa shape index (κ3) is 6.42. The van der Waals surface area contributed by atoms with Gasteiger partial charge in [-0.15, -0.1) is 0 Å². The van der Waals surface area contributed by atoms with Gasteiger partial charge in [0.2, 0.25) is 5.91 Å². The number of carbonyl (C=O) groups is 3. The van der Waals surface area contributed by atoms with Gasteiger partial charge in [-0.25, -0.2) is 0 Å². The van der Waals surface area contributed by atoms with Crippen molar-refractivity contribution in [1.82, 2.24) is 14.8 Å². The Balaban J connectivity index is 1.71. The largest absolute Gasteiger partial charge is 0.355 e. The highest BCUT2D eigenvalue weighted by molar-refractivity contribution is 9.10. The summed E-state index contributed by atoms with van der Waals surface area (Å²) >= 11 is 3.40. The highest BCUT2D eigenvalue weighted by atomic mass is 79.9. The summed E-state index contributed by atoms with van der Waals surface area (Å²) in [6.07, 6.45) is 0.0867. The van der Waals surface area contributed by atoms with Crippen LogP contribution in [0.3, 0.4) is 0 Å². The molecule has 39 heavy (non-hydrogen) atoms. The van der Waals surface area contributed by atoms with E-state index < -0.39 is 0 Å². The van der Waals surface area contributed by atoms with Gasteiger partial charge in [0, 0.05) is 45.5 Å². The van der Waals surface area contributed by atoms with Crippen LogP contribution in [0.4, 0.5) is 5.69 Å². The van der Waals surface area contributed by atoms with Gasteiger partial charge in [0.05, 0.1) is 23.6 Å². The van der Waals surface area contributed by atoms with E-state index in [0.717, 1.165) is 4.47 Å². The Morgan fingerprint density at radius 2 is 1.64 bits per heavy atom. The van der Waals surface area contributed by atoms with E-state index in [1.54, 1.807) is 59.2 Å². The maximum atomic E-state index is 13.6. The Kier molecular flexibility index (Phi) is 8.59.